The summed E-state index contributed by atoms with van der Waals surface area (Å²) in [5, 5.41) is 9.06. The number of hydrogen-bond donors (Lipinski definition) is 2. The van der Waals surface area contributed by atoms with Crippen LogP contribution in [0, 0.1) is 5.92 Å². The van der Waals surface area contributed by atoms with Crippen LogP contribution >= 0.6 is 0 Å². The first kappa shape index (κ1) is 13.3. The van der Waals surface area contributed by atoms with Gasteiger partial charge < -0.3 is 19.7 Å². The average Bonchev–Trinajstić information content (AvgIpc) is 2.87. The van der Waals surface area contributed by atoms with E-state index in [1.165, 1.54) is 30.3 Å². The fourth-order valence-electron chi connectivity index (χ4n) is 2.06. The number of carbonyl (C=O) groups is 2. The van der Waals surface area contributed by atoms with Crippen LogP contribution < -0.4 is 5.56 Å². The van der Waals surface area contributed by atoms with E-state index in [0.717, 1.165) is 0 Å². The number of nitrogens with zero attached hydrogens (tertiary/aromatic N) is 1. The molecule has 1 saturated heterocycles. The van der Waals surface area contributed by atoms with Crippen LogP contribution in [-0.2, 0) is 9.53 Å². The summed E-state index contributed by atoms with van der Waals surface area (Å²) in [5.41, 5.74) is 0.00459. The van der Waals surface area contributed by atoms with Crippen molar-refractivity contribution in [3.05, 3.63) is 34.2 Å². The van der Waals surface area contributed by atoms with Gasteiger partial charge in [0, 0.05) is 19.3 Å². The summed E-state index contributed by atoms with van der Waals surface area (Å²) in [6.45, 7) is 0.297. The van der Waals surface area contributed by atoms with Crippen LogP contribution in [0.4, 0.5) is 0 Å². The molecule has 1 fully saturated rings. The number of aromatic nitrogens is 1. The van der Waals surface area contributed by atoms with Crippen LogP contribution in [0.25, 0.3) is 0 Å². The summed E-state index contributed by atoms with van der Waals surface area (Å²) in [4.78, 5) is 37.9. The number of aliphatic carboxylic acids is 1. The van der Waals surface area contributed by atoms with Gasteiger partial charge in [0.1, 0.15) is 5.92 Å². The van der Waals surface area contributed by atoms with E-state index in [2.05, 4.69) is 4.98 Å². The molecule has 0 saturated carbocycles. The minimum atomic E-state index is -0.983. The van der Waals surface area contributed by atoms with Crippen molar-refractivity contribution >= 4 is 11.9 Å². The third-order valence-electron chi connectivity index (χ3n) is 3.22. The van der Waals surface area contributed by atoms with Gasteiger partial charge in [-0.2, -0.15) is 0 Å². The molecule has 0 aliphatic carbocycles. The first-order valence-electron chi connectivity index (χ1n) is 5.77. The van der Waals surface area contributed by atoms with E-state index in [9.17, 15) is 14.4 Å². The molecule has 2 atom stereocenters. The molecule has 7 nitrogen and oxygen atoms in total. The van der Waals surface area contributed by atoms with E-state index in [0.29, 0.717) is 5.56 Å². The fourth-order valence-corrected chi connectivity index (χ4v) is 2.06. The number of likely N-dealkylation sites (N-methyl/N-ethyl adjacent to an activating group) is 1. The Hall–Kier alpha value is -2.15. The summed E-state index contributed by atoms with van der Waals surface area (Å²) in [5.74, 6) is -2.06. The van der Waals surface area contributed by atoms with Crippen molar-refractivity contribution in [2.75, 3.05) is 20.3 Å². The van der Waals surface area contributed by atoms with Gasteiger partial charge in [0.25, 0.3) is 5.91 Å². The Morgan fingerprint density at radius 2 is 2.16 bits per heavy atom. The molecule has 2 heterocycles. The second kappa shape index (κ2) is 5.23. The molecule has 0 radical (unpaired) electrons. The van der Waals surface area contributed by atoms with Crippen molar-refractivity contribution in [3.63, 3.8) is 0 Å². The van der Waals surface area contributed by atoms with Gasteiger partial charge in [-0.1, -0.05) is 0 Å². The van der Waals surface area contributed by atoms with Gasteiger partial charge in [0.2, 0.25) is 5.56 Å². The van der Waals surface area contributed by atoms with Gasteiger partial charge >= 0.3 is 5.97 Å². The smallest absolute Gasteiger partial charge is 0.311 e. The number of carboxylic acids is 1. The lowest BCUT2D eigenvalue weighted by molar-refractivity contribution is -0.142. The first-order valence-corrected chi connectivity index (χ1v) is 5.77. The molecule has 102 valence electrons. The number of pyridine rings is 1. The number of carboxylic acid groups (broad SMARTS) is 1. The van der Waals surface area contributed by atoms with E-state index in [-0.39, 0.29) is 24.7 Å². The number of amides is 1. The minimum absolute atomic E-state index is 0.100. The number of hydrogen-bond acceptors (Lipinski definition) is 4. The number of aromatic amines is 1. The van der Waals surface area contributed by atoms with Crippen LogP contribution in [0.5, 0.6) is 0 Å². The maximum atomic E-state index is 12.2. The lowest BCUT2D eigenvalue weighted by atomic mass is 10.0. The molecule has 7 heteroatoms. The maximum Gasteiger partial charge on any atom is 0.311 e. The van der Waals surface area contributed by atoms with Crippen molar-refractivity contribution in [1.82, 2.24) is 9.88 Å². The molecule has 1 aliphatic rings. The van der Waals surface area contributed by atoms with Gasteiger partial charge in [0.15, 0.2) is 0 Å². The fraction of sp³-hybridized carbons (Fsp3) is 0.417. The van der Waals surface area contributed by atoms with Crippen molar-refractivity contribution in [3.8, 4) is 0 Å². The molecule has 1 aromatic heterocycles. The predicted octanol–water partition coefficient (Wildman–Crippen LogP) is -0.453. The van der Waals surface area contributed by atoms with Crippen LogP contribution in [0.15, 0.2) is 23.1 Å². The zero-order valence-electron chi connectivity index (χ0n) is 10.3. The molecule has 1 aromatic rings. The minimum Gasteiger partial charge on any atom is -0.481 e. The van der Waals surface area contributed by atoms with Gasteiger partial charge in [-0.25, -0.2) is 0 Å². The van der Waals surface area contributed by atoms with Crippen molar-refractivity contribution in [2.45, 2.75) is 6.04 Å². The topological polar surface area (TPSA) is 99.7 Å². The molecule has 0 spiro atoms. The first-order chi connectivity index (χ1) is 9.00. The lowest BCUT2D eigenvalue weighted by Crippen LogP contribution is -2.44. The molecular formula is C12H14N2O5. The SMILES string of the molecule is CN(C(=O)c1ccc(=O)[nH]c1)C1COCC1C(=O)O. The van der Waals surface area contributed by atoms with Gasteiger partial charge in [-0.05, 0) is 6.07 Å². The summed E-state index contributed by atoms with van der Waals surface area (Å²) in [6, 6.07) is 2.15. The number of carbonyl (C=O) groups excluding carboxylic acids is 1. The number of H-pyrrole nitrogens is 1. The van der Waals surface area contributed by atoms with Crippen LogP contribution in [-0.4, -0.2) is 53.2 Å². The van der Waals surface area contributed by atoms with E-state index in [4.69, 9.17) is 9.84 Å². The van der Waals surface area contributed by atoms with Crippen molar-refractivity contribution in [1.29, 1.82) is 0 Å². The van der Waals surface area contributed by atoms with E-state index in [1.54, 1.807) is 0 Å². The van der Waals surface area contributed by atoms with Crippen LogP contribution in [0.1, 0.15) is 10.4 Å². The number of nitrogens with one attached hydrogen (secondary N) is 1. The number of rotatable bonds is 3. The molecule has 2 N–H and O–H groups in total. The van der Waals surface area contributed by atoms with Crippen molar-refractivity contribution < 1.29 is 19.4 Å². The van der Waals surface area contributed by atoms with E-state index >= 15 is 0 Å². The average molecular weight is 266 g/mol. The molecule has 0 aromatic carbocycles. The monoisotopic (exact) mass is 266 g/mol. The lowest BCUT2D eigenvalue weighted by Gasteiger charge is -2.26. The molecule has 1 amide bonds. The normalized spacial score (nSPS) is 22.2. The molecule has 2 unspecified atom stereocenters. The largest absolute Gasteiger partial charge is 0.481 e. The van der Waals surface area contributed by atoms with E-state index < -0.39 is 17.9 Å². The molecule has 2 rings (SSSR count). The zero-order chi connectivity index (χ0) is 14.0. The highest BCUT2D eigenvalue weighted by atomic mass is 16.5. The van der Waals surface area contributed by atoms with Crippen molar-refractivity contribution in [2.24, 2.45) is 5.92 Å². The Morgan fingerprint density at radius 3 is 2.74 bits per heavy atom. The molecule has 0 bridgehead atoms. The van der Waals surface area contributed by atoms with Gasteiger partial charge in [-0.15, -0.1) is 0 Å². The Kier molecular flexibility index (Phi) is 3.66. The Bertz CT molecular complexity index is 533. The highest BCUT2D eigenvalue weighted by molar-refractivity contribution is 5.94. The quantitative estimate of drug-likeness (QED) is 0.771. The highest BCUT2D eigenvalue weighted by Gasteiger charge is 2.38. The van der Waals surface area contributed by atoms with Crippen LogP contribution in [0.3, 0.4) is 0 Å². The third-order valence-corrected chi connectivity index (χ3v) is 3.22. The predicted molar refractivity (Wildman–Crippen MR) is 64.9 cm³/mol. The van der Waals surface area contributed by atoms with Crippen LogP contribution in [0.2, 0.25) is 0 Å². The summed E-state index contributed by atoms with van der Waals surface area (Å²) >= 11 is 0. The second-order valence-corrected chi connectivity index (χ2v) is 4.41. The third kappa shape index (κ3) is 2.65. The summed E-state index contributed by atoms with van der Waals surface area (Å²) < 4.78 is 5.12. The summed E-state index contributed by atoms with van der Waals surface area (Å²) in [6.07, 6.45) is 1.31. The van der Waals surface area contributed by atoms with Gasteiger partial charge in [-0.3, -0.25) is 14.4 Å². The second-order valence-electron chi connectivity index (χ2n) is 4.41. The molecular weight excluding hydrogens is 252 g/mol. The maximum absolute atomic E-state index is 12.2. The van der Waals surface area contributed by atoms with E-state index in [1.807, 2.05) is 0 Å². The zero-order valence-corrected chi connectivity index (χ0v) is 10.3. The molecule has 1 aliphatic heterocycles. The molecule has 19 heavy (non-hydrogen) atoms. The Morgan fingerprint density at radius 1 is 1.42 bits per heavy atom. The van der Waals surface area contributed by atoms with Gasteiger partial charge in [0.05, 0.1) is 24.8 Å². The number of ether oxygens (including phenoxy) is 1. The highest BCUT2D eigenvalue weighted by Crippen LogP contribution is 2.20. The summed E-state index contributed by atoms with van der Waals surface area (Å²) in [7, 11) is 1.53. The Labute approximate surface area is 108 Å². The standard InChI is InChI=1S/C12H14N2O5/c1-14(9-6-19-5-8(9)12(17)18)11(16)7-2-3-10(15)13-4-7/h2-4,8-9H,5-6H2,1H3,(H,13,15)(H,17,18). The Balaban J connectivity index is 2.17.